The lowest BCUT2D eigenvalue weighted by molar-refractivity contribution is 0.0597. The van der Waals surface area contributed by atoms with E-state index in [1.54, 1.807) is 6.92 Å². The summed E-state index contributed by atoms with van der Waals surface area (Å²) < 4.78 is 10.7. The number of fused-ring (bicyclic) bond motifs is 1. The molecule has 0 aliphatic carbocycles. The van der Waals surface area contributed by atoms with E-state index in [-0.39, 0.29) is 11.3 Å². The van der Waals surface area contributed by atoms with Gasteiger partial charge in [-0.15, -0.1) is 0 Å². The Hall–Kier alpha value is -3.60. The fourth-order valence-electron chi connectivity index (χ4n) is 3.39. The van der Waals surface area contributed by atoms with Gasteiger partial charge in [0, 0.05) is 11.1 Å². The normalized spacial score (nSPS) is 11.0. The van der Waals surface area contributed by atoms with Gasteiger partial charge in [0.1, 0.15) is 16.8 Å². The van der Waals surface area contributed by atoms with Crippen molar-refractivity contribution in [1.29, 1.82) is 0 Å². The second kappa shape index (κ2) is 6.85. The van der Waals surface area contributed by atoms with Crippen molar-refractivity contribution in [2.24, 2.45) is 0 Å². The smallest absolute Gasteiger partial charge is 0.341 e. The van der Waals surface area contributed by atoms with Gasteiger partial charge in [0.15, 0.2) is 5.58 Å². The number of esters is 1. The topological polar surface area (TPSA) is 72.6 Å². The fourth-order valence-corrected chi connectivity index (χ4v) is 3.39. The SMILES string of the molecule is COC(=O)c1cc2nc(-c3cccc(-c4ccccc4)c3C)oc2c(C)c1O. The zero-order valence-electron chi connectivity index (χ0n) is 15.8. The predicted molar refractivity (Wildman–Crippen MR) is 107 cm³/mol. The number of phenols is 1. The van der Waals surface area contributed by atoms with Gasteiger partial charge < -0.3 is 14.3 Å². The molecule has 0 bridgehead atoms. The lowest BCUT2D eigenvalue weighted by atomic mass is 9.96. The molecule has 5 nitrogen and oxygen atoms in total. The molecule has 4 rings (SSSR count). The number of aryl methyl sites for hydroxylation is 1. The maximum atomic E-state index is 11.9. The summed E-state index contributed by atoms with van der Waals surface area (Å²) in [5, 5.41) is 10.3. The van der Waals surface area contributed by atoms with Gasteiger partial charge in [-0.3, -0.25) is 0 Å². The third-order valence-corrected chi connectivity index (χ3v) is 4.94. The van der Waals surface area contributed by atoms with Crippen molar-refractivity contribution in [3.8, 4) is 28.3 Å². The van der Waals surface area contributed by atoms with Crippen LogP contribution in [0.1, 0.15) is 21.5 Å². The van der Waals surface area contributed by atoms with Crippen LogP contribution in [0.5, 0.6) is 5.75 Å². The number of carbonyl (C=O) groups is 1. The highest BCUT2D eigenvalue weighted by Gasteiger charge is 2.21. The van der Waals surface area contributed by atoms with Gasteiger partial charge in [0.25, 0.3) is 0 Å². The Morgan fingerprint density at radius 1 is 1.00 bits per heavy atom. The van der Waals surface area contributed by atoms with Crippen LogP contribution in [0.25, 0.3) is 33.7 Å². The van der Waals surface area contributed by atoms with E-state index in [4.69, 9.17) is 9.15 Å². The van der Waals surface area contributed by atoms with Crippen LogP contribution in [0, 0.1) is 13.8 Å². The van der Waals surface area contributed by atoms with E-state index in [0.717, 1.165) is 22.3 Å². The van der Waals surface area contributed by atoms with Crippen LogP contribution in [0.15, 0.2) is 59.0 Å². The summed E-state index contributed by atoms with van der Waals surface area (Å²) in [5.74, 6) is -0.332. The number of benzene rings is 3. The number of carbonyl (C=O) groups excluding carboxylic acids is 1. The summed E-state index contributed by atoms with van der Waals surface area (Å²) in [7, 11) is 1.27. The summed E-state index contributed by atoms with van der Waals surface area (Å²) in [4.78, 5) is 16.5. The first-order valence-corrected chi connectivity index (χ1v) is 8.88. The van der Waals surface area contributed by atoms with E-state index in [1.807, 2.05) is 37.3 Å². The Kier molecular flexibility index (Phi) is 4.35. The minimum atomic E-state index is -0.616. The van der Waals surface area contributed by atoms with Gasteiger partial charge in [0.05, 0.1) is 7.11 Å². The van der Waals surface area contributed by atoms with Crippen molar-refractivity contribution in [1.82, 2.24) is 4.98 Å². The molecule has 1 aromatic heterocycles. The van der Waals surface area contributed by atoms with Crippen LogP contribution < -0.4 is 0 Å². The summed E-state index contributed by atoms with van der Waals surface area (Å²) in [5.41, 5.74) is 5.57. The summed E-state index contributed by atoms with van der Waals surface area (Å²) in [6, 6.07) is 17.6. The first kappa shape index (κ1) is 17.8. The van der Waals surface area contributed by atoms with Gasteiger partial charge >= 0.3 is 5.97 Å². The quantitative estimate of drug-likeness (QED) is 0.495. The largest absolute Gasteiger partial charge is 0.507 e. The number of hydrogen-bond acceptors (Lipinski definition) is 5. The Labute approximate surface area is 162 Å². The number of phenolic OH excluding ortho intramolecular Hbond substituents is 1. The molecule has 0 spiro atoms. The zero-order valence-corrected chi connectivity index (χ0v) is 15.8. The van der Waals surface area contributed by atoms with E-state index >= 15 is 0 Å². The molecule has 0 saturated carbocycles. The Morgan fingerprint density at radius 2 is 1.71 bits per heavy atom. The third kappa shape index (κ3) is 2.81. The number of oxazole rings is 1. The molecule has 0 fully saturated rings. The summed E-state index contributed by atoms with van der Waals surface area (Å²) in [6.45, 7) is 3.71. The summed E-state index contributed by atoms with van der Waals surface area (Å²) in [6.07, 6.45) is 0. The highest BCUT2D eigenvalue weighted by atomic mass is 16.5. The van der Waals surface area contributed by atoms with Crippen molar-refractivity contribution < 1.29 is 19.1 Å². The molecule has 0 amide bonds. The standard InChI is InChI=1S/C23H19NO4/c1-13-16(15-8-5-4-6-9-15)10-7-11-17(13)22-24-19-12-18(23(26)27-3)20(25)14(2)21(19)28-22/h4-12,25H,1-3H3. The van der Waals surface area contributed by atoms with Gasteiger partial charge in [-0.05, 0) is 42.7 Å². The van der Waals surface area contributed by atoms with Gasteiger partial charge in [-0.2, -0.15) is 0 Å². The first-order valence-electron chi connectivity index (χ1n) is 8.88. The van der Waals surface area contributed by atoms with Crippen LogP contribution in [-0.2, 0) is 4.74 Å². The molecule has 28 heavy (non-hydrogen) atoms. The van der Waals surface area contributed by atoms with Crippen molar-refractivity contribution in [3.05, 3.63) is 71.3 Å². The molecule has 1 heterocycles. The molecule has 0 atom stereocenters. The molecule has 0 radical (unpaired) electrons. The van der Waals surface area contributed by atoms with Gasteiger partial charge in [-0.25, -0.2) is 9.78 Å². The number of rotatable bonds is 3. The van der Waals surface area contributed by atoms with E-state index in [9.17, 15) is 9.90 Å². The minimum Gasteiger partial charge on any atom is -0.507 e. The van der Waals surface area contributed by atoms with Crippen molar-refractivity contribution in [2.75, 3.05) is 7.11 Å². The molecule has 3 aromatic carbocycles. The highest BCUT2D eigenvalue weighted by Crippen LogP contribution is 2.36. The highest BCUT2D eigenvalue weighted by molar-refractivity contribution is 5.98. The number of nitrogens with zero attached hydrogens (tertiary/aromatic N) is 1. The van der Waals surface area contributed by atoms with E-state index in [1.165, 1.54) is 13.2 Å². The molecule has 4 aromatic rings. The average molecular weight is 373 g/mol. The van der Waals surface area contributed by atoms with Crippen molar-refractivity contribution in [2.45, 2.75) is 13.8 Å². The number of aromatic hydroxyl groups is 1. The van der Waals surface area contributed by atoms with Gasteiger partial charge in [-0.1, -0.05) is 42.5 Å². The molecule has 140 valence electrons. The Balaban J connectivity index is 1.89. The third-order valence-electron chi connectivity index (χ3n) is 4.94. The number of ether oxygens (including phenoxy) is 1. The average Bonchev–Trinajstić information content (AvgIpc) is 3.15. The number of hydrogen-bond donors (Lipinski definition) is 1. The van der Waals surface area contributed by atoms with Crippen molar-refractivity contribution >= 4 is 17.1 Å². The van der Waals surface area contributed by atoms with Gasteiger partial charge in [0.2, 0.25) is 5.89 Å². The van der Waals surface area contributed by atoms with Crippen LogP contribution >= 0.6 is 0 Å². The minimum absolute atomic E-state index is 0.0714. The number of aromatic nitrogens is 1. The Bertz CT molecular complexity index is 1190. The monoisotopic (exact) mass is 373 g/mol. The Morgan fingerprint density at radius 3 is 2.43 bits per heavy atom. The zero-order chi connectivity index (χ0) is 19.8. The maximum absolute atomic E-state index is 11.9. The number of methoxy groups -OCH3 is 1. The molecule has 5 heteroatoms. The molecule has 0 saturated heterocycles. The molecular formula is C23H19NO4. The van der Waals surface area contributed by atoms with Crippen LogP contribution in [0.2, 0.25) is 0 Å². The van der Waals surface area contributed by atoms with E-state index in [2.05, 4.69) is 23.2 Å². The lowest BCUT2D eigenvalue weighted by Gasteiger charge is -2.09. The second-order valence-corrected chi connectivity index (χ2v) is 6.60. The lowest BCUT2D eigenvalue weighted by Crippen LogP contribution is -2.02. The summed E-state index contributed by atoms with van der Waals surface area (Å²) >= 11 is 0. The van der Waals surface area contributed by atoms with E-state index in [0.29, 0.717) is 22.6 Å². The van der Waals surface area contributed by atoms with Crippen LogP contribution in [0.4, 0.5) is 0 Å². The predicted octanol–water partition coefficient (Wildman–Crippen LogP) is 5.27. The second-order valence-electron chi connectivity index (χ2n) is 6.60. The van der Waals surface area contributed by atoms with Crippen molar-refractivity contribution in [3.63, 3.8) is 0 Å². The maximum Gasteiger partial charge on any atom is 0.341 e. The van der Waals surface area contributed by atoms with Crippen LogP contribution in [0.3, 0.4) is 0 Å². The molecule has 0 aliphatic rings. The molecule has 0 unspecified atom stereocenters. The van der Waals surface area contributed by atoms with Crippen LogP contribution in [-0.4, -0.2) is 23.2 Å². The molecular weight excluding hydrogens is 354 g/mol. The molecule has 1 N–H and O–H groups in total. The molecule has 0 aliphatic heterocycles. The van der Waals surface area contributed by atoms with E-state index < -0.39 is 5.97 Å². The fraction of sp³-hybridized carbons (Fsp3) is 0.130. The first-order chi connectivity index (χ1) is 13.5.